The van der Waals surface area contributed by atoms with Gasteiger partial charge >= 0.3 is 5.97 Å². The number of aromatic nitrogens is 1. The van der Waals surface area contributed by atoms with Crippen molar-refractivity contribution in [1.29, 1.82) is 0 Å². The molecular formula is C12H13ClN2O3. The second-order valence-corrected chi connectivity index (χ2v) is 4.94. The van der Waals surface area contributed by atoms with Gasteiger partial charge in [0.2, 0.25) is 0 Å². The number of rotatable bonds is 4. The highest BCUT2D eigenvalue weighted by molar-refractivity contribution is 6.32. The van der Waals surface area contributed by atoms with Gasteiger partial charge in [0, 0.05) is 6.20 Å². The summed E-state index contributed by atoms with van der Waals surface area (Å²) in [5, 5.41) is 11.9. The van der Waals surface area contributed by atoms with Crippen LogP contribution >= 0.6 is 11.6 Å². The van der Waals surface area contributed by atoms with Crippen LogP contribution in [0.3, 0.4) is 0 Å². The molecule has 1 aromatic heterocycles. The fraction of sp³-hybridized carbons (Fsp3) is 0.417. The molecule has 1 fully saturated rings. The van der Waals surface area contributed by atoms with Crippen LogP contribution in [0, 0.1) is 5.92 Å². The molecule has 0 bridgehead atoms. The van der Waals surface area contributed by atoms with Crippen LogP contribution in [0.25, 0.3) is 0 Å². The predicted octanol–water partition coefficient (Wildman–Crippen LogP) is 1.72. The largest absolute Gasteiger partial charge is 0.480 e. The molecule has 2 rings (SSSR count). The maximum Gasteiger partial charge on any atom is 0.329 e. The van der Waals surface area contributed by atoms with Gasteiger partial charge in [-0.3, -0.25) is 4.79 Å². The molecule has 1 heterocycles. The van der Waals surface area contributed by atoms with E-state index in [1.54, 1.807) is 6.07 Å². The standard InChI is InChI=1S/C12H13ClN2O3/c1-12(11(17)18,7-4-5-7)15-10(16)8-3-2-6-14-9(8)13/h2-3,6-7H,4-5H2,1H3,(H,15,16)(H,17,18). The second-order valence-electron chi connectivity index (χ2n) is 4.58. The third-order valence-corrected chi connectivity index (χ3v) is 3.52. The average Bonchev–Trinajstić information content (AvgIpc) is 3.13. The lowest BCUT2D eigenvalue weighted by Crippen LogP contribution is -2.54. The number of amides is 1. The zero-order valence-electron chi connectivity index (χ0n) is 9.81. The normalized spacial score (nSPS) is 17.9. The van der Waals surface area contributed by atoms with Crippen LogP contribution in [0.5, 0.6) is 0 Å². The summed E-state index contributed by atoms with van der Waals surface area (Å²) in [4.78, 5) is 27.1. The van der Waals surface area contributed by atoms with Gasteiger partial charge in [0.25, 0.3) is 5.91 Å². The summed E-state index contributed by atoms with van der Waals surface area (Å²) in [5.41, 5.74) is -1.05. The maximum absolute atomic E-state index is 12.0. The molecule has 0 saturated heterocycles. The highest BCUT2D eigenvalue weighted by atomic mass is 35.5. The molecule has 18 heavy (non-hydrogen) atoms. The topological polar surface area (TPSA) is 79.3 Å². The Morgan fingerprint density at radius 2 is 2.22 bits per heavy atom. The minimum atomic E-state index is -1.24. The van der Waals surface area contributed by atoms with Gasteiger partial charge in [0.05, 0.1) is 5.56 Å². The average molecular weight is 269 g/mol. The third-order valence-electron chi connectivity index (χ3n) is 3.22. The molecule has 0 radical (unpaired) electrons. The quantitative estimate of drug-likeness (QED) is 0.815. The number of carbonyl (C=O) groups is 2. The molecule has 1 amide bonds. The second kappa shape index (κ2) is 4.57. The Bertz CT molecular complexity index is 502. The van der Waals surface area contributed by atoms with E-state index in [4.69, 9.17) is 11.6 Å². The number of carbonyl (C=O) groups excluding carboxylic acids is 1. The van der Waals surface area contributed by atoms with E-state index in [9.17, 15) is 14.7 Å². The summed E-state index contributed by atoms with van der Waals surface area (Å²) in [6.07, 6.45) is 3.09. The molecule has 1 unspecified atom stereocenters. The lowest BCUT2D eigenvalue weighted by atomic mass is 9.95. The van der Waals surface area contributed by atoms with Crippen molar-refractivity contribution < 1.29 is 14.7 Å². The first-order chi connectivity index (χ1) is 8.45. The number of hydrogen-bond acceptors (Lipinski definition) is 3. The number of carboxylic acids is 1. The Balaban J connectivity index is 2.20. The number of nitrogens with zero attached hydrogens (tertiary/aromatic N) is 1. The molecule has 1 aliphatic carbocycles. The van der Waals surface area contributed by atoms with E-state index in [-0.39, 0.29) is 16.6 Å². The van der Waals surface area contributed by atoms with Crippen LogP contribution < -0.4 is 5.32 Å². The van der Waals surface area contributed by atoms with Crippen LogP contribution in [-0.2, 0) is 4.79 Å². The van der Waals surface area contributed by atoms with Crippen LogP contribution in [0.4, 0.5) is 0 Å². The van der Waals surface area contributed by atoms with E-state index in [2.05, 4.69) is 10.3 Å². The summed E-state index contributed by atoms with van der Waals surface area (Å²) in [6, 6.07) is 3.09. The van der Waals surface area contributed by atoms with E-state index in [1.807, 2.05) is 0 Å². The van der Waals surface area contributed by atoms with E-state index < -0.39 is 17.4 Å². The van der Waals surface area contributed by atoms with E-state index >= 15 is 0 Å². The fourth-order valence-electron chi connectivity index (χ4n) is 1.85. The first-order valence-electron chi connectivity index (χ1n) is 5.61. The summed E-state index contributed by atoms with van der Waals surface area (Å²) in [6.45, 7) is 1.52. The number of halogens is 1. The maximum atomic E-state index is 12.0. The smallest absolute Gasteiger partial charge is 0.329 e. The molecule has 2 N–H and O–H groups in total. The molecule has 0 spiro atoms. The van der Waals surface area contributed by atoms with Crippen LogP contribution in [0.2, 0.25) is 5.15 Å². The first-order valence-corrected chi connectivity index (χ1v) is 5.99. The number of hydrogen-bond donors (Lipinski definition) is 2. The Morgan fingerprint density at radius 3 is 2.72 bits per heavy atom. The molecule has 1 saturated carbocycles. The van der Waals surface area contributed by atoms with Crippen LogP contribution in [0.15, 0.2) is 18.3 Å². The minimum absolute atomic E-state index is 0.0191. The van der Waals surface area contributed by atoms with Gasteiger partial charge in [-0.25, -0.2) is 9.78 Å². The Kier molecular flexibility index (Phi) is 3.26. The Hall–Kier alpha value is -1.62. The van der Waals surface area contributed by atoms with Crippen molar-refractivity contribution in [3.8, 4) is 0 Å². The number of carboxylic acid groups (broad SMARTS) is 1. The van der Waals surface area contributed by atoms with Gasteiger partial charge in [0.15, 0.2) is 0 Å². The molecule has 96 valence electrons. The molecule has 0 aromatic carbocycles. The van der Waals surface area contributed by atoms with Crippen molar-refractivity contribution in [2.24, 2.45) is 5.92 Å². The molecule has 1 aromatic rings. The monoisotopic (exact) mass is 268 g/mol. The van der Waals surface area contributed by atoms with Crippen molar-refractivity contribution >= 4 is 23.5 Å². The number of aliphatic carboxylic acids is 1. The lowest BCUT2D eigenvalue weighted by molar-refractivity contribution is -0.144. The van der Waals surface area contributed by atoms with E-state index in [0.29, 0.717) is 0 Å². The highest BCUT2D eigenvalue weighted by Crippen LogP contribution is 2.39. The zero-order valence-corrected chi connectivity index (χ0v) is 10.6. The minimum Gasteiger partial charge on any atom is -0.480 e. The predicted molar refractivity (Wildman–Crippen MR) is 65.5 cm³/mol. The van der Waals surface area contributed by atoms with E-state index in [0.717, 1.165) is 12.8 Å². The van der Waals surface area contributed by atoms with Crippen molar-refractivity contribution in [2.45, 2.75) is 25.3 Å². The van der Waals surface area contributed by atoms with Crippen molar-refractivity contribution in [3.63, 3.8) is 0 Å². The molecule has 5 nitrogen and oxygen atoms in total. The molecule has 1 aliphatic rings. The van der Waals surface area contributed by atoms with Gasteiger partial charge in [-0.05, 0) is 37.8 Å². The van der Waals surface area contributed by atoms with Crippen LogP contribution in [-0.4, -0.2) is 27.5 Å². The third kappa shape index (κ3) is 2.31. The van der Waals surface area contributed by atoms with Gasteiger partial charge in [-0.1, -0.05) is 11.6 Å². The van der Waals surface area contributed by atoms with Gasteiger partial charge in [-0.15, -0.1) is 0 Å². The van der Waals surface area contributed by atoms with Gasteiger partial charge < -0.3 is 10.4 Å². The summed E-state index contributed by atoms with van der Waals surface area (Å²) >= 11 is 5.80. The molecule has 6 heteroatoms. The Morgan fingerprint density at radius 1 is 1.56 bits per heavy atom. The summed E-state index contributed by atoms with van der Waals surface area (Å²) in [5.74, 6) is -1.56. The van der Waals surface area contributed by atoms with Crippen molar-refractivity contribution in [1.82, 2.24) is 10.3 Å². The molecule has 0 aliphatic heterocycles. The van der Waals surface area contributed by atoms with E-state index in [1.165, 1.54) is 19.2 Å². The van der Waals surface area contributed by atoms with Gasteiger partial charge in [-0.2, -0.15) is 0 Å². The lowest BCUT2D eigenvalue weighted by Gasteiger charge is -2.26. The van der Waals surface area contributed by atoms with Crippen LogP contribution in [0.1, 0.15) is 30.1 Å². The zero-order chi connectivity index (χ0) is 13.3. The summed E-state index contributed by atoms with van der Waals surface area (Å²) < 4.78 is 0. The first kappa shape index (κ1) is 12.8. The summed E-state index contributed by atoms with van der Waals surface area (Å²) in [7, 11) is 0. The molecule has 1 atom stereocenters. The highest BCUT2D eigenvalue weighted by Gasteiger charge is 2.48. The van der Waals surface area contributed by atoms with Gasteiger partial charge in [0.1, 0.15) is 10.7 Å². The Labute approximate surface area is 109 Å². The SMILES string of the molecule is CC(NC(=O)c1cccnc1Cl)(C(=O)O)C1CC1. The molecular weight excluding hydrogens is 256 g/mol. The number of nitrogens with one attached hydrogen (secondary N) is 1. The number of pyridine rings is 1. The van der Waals surface area contributed by atoms with Crippen molar-refractivity contribution in [2.75, 3.05) is 0 Å². The fourth-order valence-corrected chi connectivity index (χ4v) is 2.05. The van der Waals surface area contributed by atoms with Crippen molar-refractivity contribution in [3.05, 3.63) is 29.0 Å².